The first-order valence-corrected chi connectivity index (χ1v) is 10.8. The average molecular weight is 576 g/mol. The smallest absolute Gasteiger partial charge is 0.114 e. The maximum Gasteiger partial charge on any atom is 0.114 e. The van der Waals surface area contributed by atoms with Crippen molar-refractivity contribution in [3.8, 4) is 0 Å². The van der Waals surface area contributed by atoms with Gasteiger partial charge in [-0.25, -0.2) is 9.97 Å². The van der Waals surface area contributed by atoms with Crippen LogP contribution in [-0.4, -0.2) is 19.1 Å². The van der Waals surface area contributed by atoms with Gasteiger partial charge in [-0.1, -0.05) is 84.9 Å². The molecule has 2 heterocycles. The van der Waals surface area contributed by atoms with E-state index in [1.807, 2.05) is 24.8 Å². The Morgan fingerprint density at radius 3 is 1.62 bits per heavy atom. The molecule has 0 N–H and O–H groups in total. The molecule has 4 nitrogen and oxygen atoms in total. The van der Waals surface area contributed by atoms with Crippen molar-refractivity contribution in [1.82, 2.24) is 19.1 Å². The summed E-state index contributed by atoms with van der Waals surface area (Å²) in [5.41, 5.74) is 6.09. The van der Waals surface area contributed by atoms with Gasteiger partial charge in [0.25, 0.3) is 0 Å². The highest BCUT2D eigenvalue weighted by atomic mass is 79.9. The van der Waals surface area contributed by atoms with E-state index >= 15 is 0 Å². The molecule has 0 bridgehead atoms. The van der Waals surface area contributed by atoms with Crippen LogP contribution in [0, 0.1) is 0 Å². The van der Waals surface area contributed by atoms with Gasteiger partial charge in [0.15, 0.2) is 0 Å². The van der Waals surface area contributed by atoms with Crippen LogP contribution in [0.2, 0.25) is 0 Å². The third kappa shape index (κ3) is 3.87. The first-order chi connectivity index (χ1) is 15.9. The summed E-state index contributed by atoms with van der Waals surface area (Å²) in [5, 5.41) is 0. The van der Waals surface area contributed by atoms with Crippen LogP contribution in [0.25, 0.3) is 22.1 Å². The number of imidazole rings is 2. The Bertz CT molecular complexity index is 1470. The molecule has 6 rings (SSSR count). The molecule has 34 heavy (non-hydrogen) atoms. The minimum atomic E-state index is -0.512. The number of fused-ring (bicyclic) bond motifs is 2. The molecule has 6 heteroatoms. The highest BCUT2D eigenvalue weighted by Crippen LogP contribution is 2.39. The predicted octanol–water partition coefficient (Wildman–Crippen LogP) is 7.03. The number of aromatic nitrogens is 4. The Labute approximate surface area is 219 Å². The Balaban J connectivity index is 0.00000137. The first kappa shape index (κ1) is 23.9. The second-order valence-corrected chi connectivity index (χ2v) is 8.06. The van der Waals surface area contributed by atoms with Gasteiger partial charge < -0.3 is 9.13 Å². The Hall–Kier alpha value is -3.22. The zero-order valence-corrected chi connectivity index (χ0v) is 21.8. The molecule has 4 aromatic carbocycles. The number of hydrogen-bond donors (Lipinski definition) is 0. The highest BCUT2D eigenvalue weighted by molar-refractivity contribution is 8.93. The van der Waals surface area contributed by atoms with Gasteiger partial charge in [0, 0.05) is 0 Å². The van der Waals surface area contributed by atoms with E-state index < -0.39 is 5.54 Å². The van der Waals surface area contributed by atoms with Crippen LogP contribution in [0.1, 0.15) is 11.1 Å². The Kier molecular flexibility index (Phi) is 7.00. The van der Waals surface area contributed by atoms with Gasteiger partial charge in [0.1, 0.15) is 5.54 Å². The fraction of sp³-hybridized carbons (Fsp3) is 0.0714. The summed E-state index contributed by atoms with van der Waals surface area (Å²) in [6.45, 7) is 0.682. The van der Waals surface area contributed by atoms with Crippen LogP contribution in [0.15, 0.2) is 122 Å². The summed E-state index contributed by atoms with van der Waals surface area (Å²) in [4.78, 5) is 9.44. The lowest BCUT2D eigenvalue weighted by Crippen LogP contribution is -2.40. The lowest BCUT2D eigenvalue weighted by molar-refractivity contribution is 0.379. The minimum Gasteiger partial charge on any atom is -0.327 e. The number of rotatable bonds is 5. The second-order valence-electron chi connectivity index (χ2n) is 8.06. The molecule has 0 aliphatic carbocycles. The fourth-order valence-electron chi connectivity index (χ4n) is 4.78. The molecule has 0 amide bonds. The fourth-order valence-corrected chi connectivity index (χ4v) is 4.78. The summed E-state index contributed by atoms with van der Waals surface area (Å²) >= 11 is 0. The van der Waals surface area contributed by atoms with Crippen molar-refractivity contribution in [2.75, 3.05) is 0 Å². The molecular formula is C28H24Br2N4. The molecule has 6 aromatic rings. The van der Waals surface area contributed by atoms with E-state index in [0.29, 0.717) is 6.54 Å². The number of hydrogen-bond acceptors (Lipinski definition) is 2. The third-order valence-corrected chi connectivity index (χ3v) is 6.29. The van der Waals surface area contributed by atoms with Crippen LogP contribution < -0.4 is 0 Å². The van der Waals surface area contributed by atoms with Crippen molar-refractivity contribution in [3.05, 3.63) is 133 Å². The molecule has 2 aromatic heterocycles. The summed E-state index contributed by atoms with van der Waals surface area (Å²) < 4.78 is 4.58. The zero-order valence-electron chi connectivity index (χ0n) is 18.4. The normalized spacial score (nSPS) is 11.2. The van der Waals surface area contributed by atoms with Crippen molar-refractivity contribution in [2.45, 2.75) is 12.1 Å². The van der Waals surface area contributed by atoms with Crippen molar-refractivity contribution in [1.29, 1.82) is 0 Å². The first-order valence-electron chi connectivity index (χ1n) is 10.8. The summed E-state index contributed by atoms with van der Waals surface area (Å²) in [6.07, 6.45) is 3.92. The van der Waals surface area contributed by atoms with Gasteiger partial charge in [-0.05, 0) is 35.4 Å². The lowest BCUT2D eigenvalue weighted by atomic mass is 9.81. The van der Waals surface area contributed by atoms with E-state index in [1.54, 1.807) is 0 Å². The topological polar surface area (TPSA) is 35.6 Å². The SMILES string of the molecule is Br.Br.c1ccc(C(Cn2cnc3ccccc32)(c2ccccc2)n2cnc3ccccc32)cc1. The maximum atomic E-state index is 4.77. The van der Waals surface area contributed by atoms with Crippen LogP contribution >= 0.6 is 34.0 Å². The highest BCUT2D eigenvalue weighted by Gasteiger charge is 2.38. The quantitative estimate of drug-likeness (QED) is 0.221. The van der Waals surface area contributed by atoms with E-state index in [0.717, 1.165) is 22.1 Å². The number of nitrogens with zero attached hydrogens (tertiary/aromatic N) is 4. The van der Waals surface area contributed by atoms with Crippen molar-refractivity contribution < 1.29 is 0 Å². The second kappa shape index (κ2) is 9.95. The summed E-state index contributed by atoms with van der Waals surface area (Å²) in [5.74, 6) is 0. The summed E-state index contributed by atoms with van der Waals surface area (Å²) in [7, 11) is 0. The van der Waals surface area contributed by atoms with Crippen LogP contribution in [0.5, 0.6) is 0 Å². The van der Waals surface area contributed by atoms with Crippen molar-refractivity contribution in [3.63, 3.8) is 0 Å². The molecule has 0 radical (unpaired) electrons. The molecule has 0 saturated carbocycles. The molecular weight excluding hydrogens is 552 g/mol. The van der Waals surface area contributed by atoms with E-state index in [1.165, 1.54) is 11.1 Å². The minimum absolute atomic E-state index is 0. The molecule has 170 valence electrons. The van der Waals surface area contributed by atoms with Gasteiger partial charge in [0.2, 0.25) is 0 Å². The lowest BCUT2D eigenvalue weighted by Gasteiger charge is -2.37. The predicted molar refractivity (Wildman–Crippen MR) is 149 cm³/mol. The zero-order chi connectivity index (χ0) is 21.4. The molecule has 0 saturated heterocycles. The van der Waals surface area contributed by atoms with Crippen LogP contribution in [0.4, 0.5) is 0 Å². The van der Waals surface area contributed by atoms with Gasteiger partial charge >= 0.3 is 0 Å². The van der Waals surface area contributed by atoms with E-state index in [2.05, 4.69) is 111 Å². The molecule has 0 aliphatic rings. The van der Waals surface area contributed by atoms with Gasteiger partial charge in [-0.3, -0.25) is 0 Å². The molecule has 0 atom stereocenters. The Morgan fingerprint density at radius 1 is 0.529 bits per heavy atom. The number of halogens is 2. The van der Waals surface area contributed by atoms with Gasteiger partial charge in [-0.15, -0.1) is 34.0 Å². The van der Waals surface area contributed by atoms with E-state index in [4.69, 9.17) is 4.98 Å². The van der Waals surface area contributed by atoms with Gasteiger partial charge in [-0.2, -0.15) is 0 Å². The standard InChI is InChI=1S/C28H22N4.2BrH/c1-3-11-22(12-4-1)28(23-13-5-2-6-14-23,32-21-30-25-16-8-10-18-27(25)32)19-31-20-29-24-15-7-9-17-26(24)31;;/h1-18,20-21H,19H2;2*1H. The molecule has 0 aliphatic heterocycles. The number of para-hydroxylation sites is 4. The molecule has 0 fully saturated rings. The van der Waals surface area contributed by atoms with Crippen molar-refractivity contribution in [2.24, 2.45) is 0 Å². The van der Waals surface area contributed by atoms with Crippen LogP contribution in [-0.2, 0) is 12.1 Å². The Morgan fingerprint density at radius 2 is 1.00 bits per heavy atom. The molecule has 0 unspecified atom stereocenters. The van der Waals surface area contributed by atoms with Gasteiger partial charge in [0.05, 0.1) is 41.3 Å². The largest absolute Gasteiger partial charge is 0.327 e. The third-order valence-electron chi connectivity index (χ3n) is 6.29. The van der Waals surface area contributed by atoms with Crippen LogP contribution in [0.3, 0.4) is 0 Å². The average Bonchev–Trinajstić information content (AvgIpc) is 3.48. The van der Waals surface area contributed by atoms with E-state index in [-0.39, 0.29) is 34.0 Å². The van der Waals surface area contributed by atoms with Crippen molar-refractivity contribution >= 4 is 56.0 Å². The maximum absolute atomic E-state index is 4.77. The molecule has 0 spiro atoms. The summed E-state index contributed by atoms with van der Waals surface area (Å²) in [6, 6.07) is 38.0. The van der Waals surface area contributed by atoms with E-state index in [9.17, 15) is 0 Å². The number of benzene rings is 4. The monoisotopic (exact) mass is 574 g/mol.